The van der Waals surface area contributed by atoms with Crippen molar-refractivity contribution in [3.05, 3.63) is 84.2 Å². The third-order valence-corrected chi connectivity index (χ3v) is 5.90. The van der Waals surface area contributed by atoms with Crippen LogP contribution in [-0.2, 0) is 10.0 Å². The van der Waals surface area contributed by atoms with Gasteiger partial charge >= 0.3 is 6.01 Å². The number of rotatable bonds is 7. The molecule has 0 aliphatic rings. The van der Waals surface area contributed by atoms with E-state index in [0.29, 0.717) is 11.3 Å². The molecule has 4 aromatic rings. The molecule has 1 heterocycles. The molecule has 0 unspecified atom stereocenters. The first-order valence-corrected chi connectivity index (χ1v) is 11.0. The molecular weight excluding hydrogens is 451 g/mol. The fraction of sp³-hybridized carbons (Fsp3) is 0.0455. The van der Waals surface area contributed by atoms with Crippen LogP contribution in [-0.4, -0.2) is 31.6 Å². The van der Waals surface area contributed by atoms with E-state index in [-0.39, 0.29) is 28.1 Å². The number of halogens is 1. The Morgan fingerprint density at radius 2 is 1.67 bits per heavy atom. The van der Waals surface area contributed by atoms with Gasteiger partial charge in [0.2, 0.25) is 5.89 Å². The second-order valence-corrected chi connectivity index (χ2v) is 8.38. The van der Waals surface area contributed by atoms with Crippen molar-refractivity contribution in [1.82, 2.24) is 10.2 Å². The van der Waals surface area contributed by atoms with E-state index in [1.165, 1.54) is 12.1 Å². The van der Waals surface area contributed by atoms with Crippen LogP contribution in [0.25, 0.3) is 11.5 Å². The van der Waals surface area contributed by atoms with E-state index in [0.717, 1.165) is 24.3 Å². The number of methoxy groups -OCH3 is 1. The Morgan fingerprint density at radius 1 is 0.970 bits per heavy atom. The Kier molecular flexibility index (Phi) is 6.05. The van der Waals surface area contributed by atoms with Gasteiger partial charge in [-0.25, -0.2) is 12.8 Å². The molecule has 0 atom stereocenters. The van der Waals surface area contributed by atoms with E-state index in [1.54, 1.807) is 43.5 Å². The molecule has 0 aliphatic carbocycles. The summed E-state index contributed by atoms with van der Waals surface area (Å²) in [6.07, 6.45) is 0. The lowest BCUT2D eigenvalue weighted by Crippen LogP contribution is -2.18. The molecule has 0 fully saturated rings. The first kappa shape index (κ1) is 22.0. The van der Waals surface area contributed by atoms with Gasteiger partial charge < -0.3 is 9.15 Å². The Labute approximate surface area is 188 Å². The van der Waals surface area contributed by atoms with Crippen LogP contribution in [0.4, 0.5) is 16.1 Å². The molecule has 0 saturated carbocycles. The Hall–Kier alpha value is -4.25. The van der Waals surface area contributed by atoms with Crippen molar-refractivity contribution in [2.75, 3.05) is 17.1 Å². The van der Waals surface area contributed by atoms with Crippen molar-refractivity contribution in [1.29, 1.82) is 0 Å². The van der Waals surface area contributed by atoms with Crippen LogP contribution in [0.3, 0.4) is 0 Å². The van der Waals surface area contributed by atoms with E-state index in [1.807, 2.05) is 0 Å². The molecule has 0 spiro atoms. The van der Waals surface area contributed by atoms with Crippen LogP contribution >= 0.6 is 0 Å². The first-order valence-electron chi connectivity index (χ1n) is 9.52. The quantitative estimate of drug-likeness (QED) is 0.421. The SMILES string of the molecule is COc1ccc(-c2nnc(NC(=O)c3ccccc3NS(=O)(=O)c3ccc(F)cc3)o2)cc1. The van der Waals surface area contributed by atoms with Crippen molar-refractivity contribution in [2.45, 2.75) is 4.90 Å². The third-order valence-electron chi connectivity index (χ3n) is 4.52. The van der Waals surface area contributed by atoms with Crippen LogP contribution in [0.15, 0.2) is 82.1 Å². The molecule has 4 rings (SSSR count). The zero-order chi connectivity index (χ0) is 23.4. The smallest absolute Gasteiger partial charge is 0.322 e. The van der Waals surface area contributed by atoms with Crippen molar-refractivity contribution >= 4 is 27.6 Å². The summed E-state index contributed by atoms with van der Waals surface area (Å²) in [4.78, 5) is 12.6. The Bertz CT molecular complexity index is 1390. The largest absolute Gasteiger partial charge is 0.497 e. The highest BCUT2D eigenvalue weighted by atomic mass is 32.2. The lowest BCUT2D eigenvalue weighted by molar-refractivity contribution is 0.102. The Balaban J connectivity index is 1.53. The predicted octanol–water partition coefficient (Wildman–Crippen LogP) is 3.94. The average Bonchev–Trinajstić information content (AvgIpc) is 3.28. The summed E-state index contributed by atoms with van der Waals surface area (Å²) in [5, 5.41) is 10.2. The lowest BCUT2D eigenvalue weighted by Gasteiger charge is -2.12. The highest BCUT2D eigenvalue weighted by Crippen LogP contribution is 2.24. The van der Waals surface area contributed by atoms with E-state index < -0.39 is 21.7 Å². The normalized spacial score (nSPS) is 11.1. The Morgan fingerprint density at radius 3 is 2.36 bits per heavy atom. The molecule has 33 heavy (non-hydrogen) atoms. The molecule has 0 aliphatic heterocycles. The fourth-order valence-electron chi connectivity index (χ4n) is 2.88. The van der Waals surface area contributed by atoms with Gasteiger partial charge in [-0.1, -0.05) is 17.2 Å². The van der Waals surface area contributed by atoms with Crippen LogP contribution in [0, 0.1) is 5.82 Å². The van der Waals surface area contributed by atoms with Crippen LogP contribution in [0.1, 0.15) is 10.4 Å². The number of benzene rings is 3. The van der Waals surface area contributed by atoms with Crippen LogP contribution in [0.5, 0.6) is 5.75 Å². The molecule has 11 heteroatoms. The second-order valence-electron chi connectivity index (χ2n) is 6.70. The number of sulfonamides is 1. The minimum Gasteiger partial charge on any atom is -0.497 e. The summed E-state index contributed by atoms with van der Waals surface area (Å²) >= 11 is 0. The summed E-state index contributed by atoms with van der Waals surface area (Å²) in [6, 6.07) is 17.0. The fourth-order valence-corrected chi connectivity index (χ4v) is 3.96. The highest BCUT2D eigenvalue weighted by Gasteiger charge is 2.20. The van der Waals surface area contributed by atoms with Gasteiger partial charge in [0.15, 0.2) is 0 Å². The molecule has 168 valence electrons. The van der Waals surface area contributed by atoms with Gasteiger partial charge in [-0.05, 0) is 60.7 Å². The van der Waals surface area contributed by atoms with Crippen LogP contribution < -0.4 is 14.8 Å². The monoisotopic (exact) mass is 468 g/mol. The predicted molar refractivity (Wildman–Crippen MR) is 118 cm³/mol. The standard InChI is InChI=1S/C22H17FN4O5S/c1-31-16-10-6-14(7-11-16)21-25-26-22(32-21)24-20(28)18-4-2-3-5-19(18)27-33(29,30)17-12-8-15(23)9-13-17/h2-13,27H,1H3,(H,24,26,28). The third kappa shape index (κ3) is 4.99. The van der Waals surface area contributed by atoms with Crippen molar-refractivity contribution in [3.8, 4) is 17.2 Å². The van der Waals surface area contributed by atoms with Gasteiger partial charge in [0.25, 0.3) is 15.9 Å². The van der Waals surface area contributed by atoms with Gasteiger partial charge in [0.1, 0.15) is 11.6 Å². The maximum absolute atomic E-state index is 13.1. The highest BCUT2D eigenvalue weighted by molar-refractivity contribution is 7.92. The number of hydrogen-bond donors (Lipinski definition) is 2. The molecule has 1 amide bonds. The molecule has 3 aromatic carbocycles. The molecule has 0 radical (unpaired) electrons. The molecule has 0 bridgehead atoms. The molecule has 1 aromatic heterocycles. The summed E-state index contributed by atoms with van der Waals surface area (Å²) in [6.45, 7) is 0. The average molecular weight is 468 g/mol. The zero-order valence-electron chi connectivity index (χ0n) is 17.2. The molecule has 2 N–H and O–H groups in total. The summed E-state index contributed by atoms with van der Waals surface area (Å²) in [5.41, 5.74) is 0.665. The topological polar surface area (TPSA) is 123 Å². The number of carbonyl (C=O) groups excluding carboxylic acids is 1. The summed E-state index contributed by atoms with van der Waals surface area (Å²) < 4.78 is 51.3. The number of para-hydroxylation sites is 1. The number of amides is 1. The molecule has 0 saturated heterocycles. The molecular formula is C22H17FN4O5S. The van der Waals surface area contributed by atoms with Gasteiger partial charge in [-0.3, -0.25) is 14.8 Å². The lowest BCUT2D eigenvalue weighted by atomic mass is 10.2. The maximum atomic E-state index is 13.1. The van der Waals surface area contributed by atoms with Gasteiger partial charge in [-0.15, -0.1) is 5.10 Å². The molecule has 9 nitrogen and oxygen atoms in total. The van der Waals surface area contributed by atoms with E-state index in [9.17, 15) is 17.6 Å². The van der Waals surface area contributed by atoms with Gasteiger partial charge in [0, 0.05) is 5.56 Å². The number of aromatic nitrogens is 2. The number of carbonyl (C=O) groups is 1. The van der Waals surface area contributed by atoms with Gasteiger partial charge in [-0.2, -0.15) is 0 Å². The number of hydrogen-bond acceptors (Lipinski definition) is 7. The minimum absolute atomic E-state index is 0.0207. The first-order chi connectivity index (χ1) is 15.9. The second kappa shape index (κ2) is 9.09. The summed E-state index contributed by atoms with van der Waals surface area (Å²) in [5.74, 6) is -0.399. The van der Waals surface area contributed by atoms with E-state index >= 15 is 0 Å². The van der Waals surface area contributed by atoms with E-state index in [2.05, 4.69) is 20.2 Å². The zero-order valence-corrected chi connectivity index (χ0v) is 18.0. The van der Waals surface area contributed by atoms with Crippen molar-refractivity contribution in [2.24, 2.45) is 0 Å². The van der Waals surface area contributed by atoms with E-state index in [4.69, 9.17) is 9.15 Å². The number of ether oxygens (including phenoxy) is 1. The maximum Gasteiger partial charge on any atom is 0.322 e. The van der Waals surface area contributed by atoms with Crippen LogP contribution in [0.2, 0.25) is 0 Å². The summed E-state index contributed by atoms with van der Waals surface area (Å²) in [7, 11) is -2.51. The van der Waals surface area contributed by atoms with Gasteiger partial charge in [0.05, 0.1) is 23.3 Å². The van der Waals surface area contributed by atoms with Crippen molar-refractivity contribution < 1.29 is 26.8 Å². The number of anilines is 2. The van der Waals surface area contributed by atoms with Crippen molar-refractivity contribution in [3.63, 3.8) is 0 Å². The minimum atomic E-state index is -4.05. The number of nitrogens with zero attached hydrogens (tertiary/aromatic N) is 2. The number of nitrogens with one attached hydrogen (secondary N) is 2.